The number of nitrogens with one attached hydrogen (secondary N) is 1. The molecule has 0 radical (unpaired) electrons. The third-order valence-corrected chi connectivity index (χ3v) is 6.03. The Labute approximate surface area is 174 Å². The van der Waals surface area contributed by atoms with Crippen molar-refractivity contribution >= 4 is 16.7 Å². The standard InChI is InChI=1S/C23H24F2N4O/c1-30-16-6-4-5-14(13-16)20-19(11-12-29(20)15-9-10-15)27-22-17-7-2-3-8-18(17)26-23(28-22)21(24)25/h2-8,13,15,19-21H,9-12H2,1H3,(H,26,27,28). The fourth-order valence-corrected chi connectivity index (χ4v) is 4.51. The second kappa shape index (κ2) is 7.80. The van der Waals surface area contributed by atoms with Gasteiger partial charge in [0.2, 0.25) is 0 Å². The average Bonchev–Trinajstić information content (AvgIpc) is 3.53. The van der Waals surface area contributed by atoms with Crippen LogP contribution < -0.4 is 10.1 Å². The molecule has 1 aromatic heterocycles. The van der Waals surface area contributed by atoms with Gasteiger partial charge in [0.25, 0.3) is 6.43 Å². The summed E-state index contributed by atoms with van der Waals surface area (Å²) in [4.78, 5) is 10.8. The number of benzene rings is 2. The number of fused-ring (bicyclic) bond motifs is 1. The van der Waals surface area contributed by atoms with Gasteiger partial charge in [-0.2, -0.15) is 0 Å². The molecular weight excluding hydrogens is 386 g/mol. The minimum Gasteiger partial charge on any atom is -0.497 e. The van der Waals surface area contributed by atoms with Gasteiger partial charge in [-0.1, -0.05) is 24.3 Å². The van der Waals surface area contributed by atoms with Gasteiger partial charge in [-0.25, -0.2) is 18.7 Å². The minimum atomic E-state index is -2.71. The van der Waals surface area contributed by atoms with E-state index in [2.05, 4.69) is 32.3 Å². The molecule has 1 saturated carbocycles. The van der Waals surface area contributed by atoms with Crippen molar-refractivity contribution in [3.63, 3.8) is 0 Å². The van der Waals surface area contributed by atoms with Crippen LogP contribution in [-0.4, -0.2) is 40.6 Å². The lowest BCUT2D eigenvalue weighted by molar-refractivity contribution is 0.141. The number of anilines is 1. The highest BCUT2D eigenvalue weighted by Crippen LogP contribution is 2.43. The maximum absolute atomic E-state index is 13.4. The van der Waals surface area contributed by atoms with E-state index in [4.69, 9.17) is 4.74 Å². The Balaban J connectivity index is 1.53. The predicted molar refractivity (Wildman–Crippen MR) is 112 cm³/mol. The van der Waals surface area contributed by atoms with E-state index >= 15 is 0 Å². The topological polar surface area (TPSA) is 50.3 Å². The largest absolute Gasteiger partial charge is 0.497 e. The van der Waals surface area contributed by atoms with E-state index in [-0.39, 0.29) is 12.1 Å². The molecule has 7 heteroatoms. The quantitative estimate of drug-likeness (QED) is 0.622. The number of alkyl halides is 2. The summed E-state index contributed by atoms with van der Waals surface area (Å²) in [5.74, 6) is 0.860. The van der Waals surface area contributed by atoms with Crippen LogP contribution in [0.2, 0.25) is 0 Å². The molecule has 0 bridgehead atoms. The molecule has 1 saturated heterocycles. The van der Waals surface area contributed by atoms with E-state index in [1.165, 1.54) is 18.4 Å². The van der Waals surface area contributed by atoms with Gasteiger partial charge in [0, 0.05) is 24.0 Å². The first-order chi connectivity index (χ1) is 14.6. The van der Waals surface area contributed by atoms with Crippen LogP contribution >= 0.6 is 0 Å². The molecule has 30 heavy (non-hydrogen) atoms. The van der Waals surface area contributed by atoms with Crippen LogP contribution in [0.5, 0.6) is 5.75 Å². The molecule has 2 atom stereocenters. The normalized spacial score (nSPS) is 22.0. The van der Waals surface area contributed by atoms with Crippen molar-refractivity contribution in [1.29, 1.82) is 0 Å². The Morgan fingerprint density at radius 2 is 1.90 bits per heavy atom. The number of halogens is 2. The molecule has 2 unspecified atom stereocenters. The molecular formula is C23H24F2N4O. The molecule has 2 fully saturated rings. The zero-order chi connectivity index (χ0) is 20.7. The summed E-state index contributed by atoms with van der Waals surface area (Å²) in [5.41, 5.74) is 1.70. The molecule has 2 aliphatic rings. The summed E-state index contributed by atoms with van der Waals surface area (Å²) in [6.45, 7) is 0.967. The maximum Gasteiger partial charge on any atom is 0.297 e. The van der Waals surface area contributed by atoms with Crippen LogP contribution in [-0.2, 0) is 0 Å². The van der Waals surface area contributed by atoms with Crippen molar-refractivity contribution < 1.29 is 13.5 Å². The Bertz CT molecular complexity index is 1060. The smallest absolute Gasteiger partial charge is 0.297 e. The Morgan fingerprint density at radius 3 is 2.67 bits per heavy atom. The van der Waals surface area contributed by atoms with Crippen LogP contribution in [0, 0.1) is 0 Å². The lowest BCUT2D eigenvalue weighted by atomic mass is 9.99. The van der Waals surface area contributed by atoms with E-state index in [0.717, 1.165) is 24.1 Å². The molecule has 2 heterocycles. The number of ether oxygens (including phenoxy) is 1. The molecule has 1 aliphatic carbocycles. The number of aromatic nitrogens is 2. The van der Waals surface area contributed by atoms with E-state index in [1.54, 1.807) is 19.2 Å². The number of para-hydroxylation sites is 1. The van der Waals surface area contributed by atoms with Crippen molar-refractivity contribution in [1.82, 2.24) is 14.9 Å². The summed E-state index contributed by atoms with van der Waals surface area (Å²) >= 11 is 0. The van der Waals surface area contributed by atoms with Gasteiger partial charge < -0.3 is 10.1 Å². The van der Waals surface area contributed by atoms with Crippen LogP contribution in [0.1, 0.15) is 43.1 Å². The molecule has 0 amide bonds. The summed E-state index contributed by atoms with van der Waals surface area (Å²) in [7, 11) is 1.67. The van der Waals surface area contributed by atoms with Crippen LogP contribution in [0.3, 0.4) is 0 Å². The molecule has 1 aliphatic heterocycles. The summed E-state index contributed by atoms with van der Waals surface area (Å²) < 4.78 is 32.3. The first kappa shape index (κ1) is 19.2. The van der Waals surface area contributed by atoms with Crippen LogP contribution in [0.25, 0.3) is 10.9 Å². The van der Waals surface area contributed by atoms with Gasteiger partial charge >= 0.3 is 0 Å². The van der Waals surface area contributed by atoms with Gasteiger partial charge in [-0.3, -0.25) is 4.90 Å². The van der Waals surface area contributed by atoms with Crippen LogP contribution in [0.15, 0.2) is 48.5 Å². The third kappa shape index (κ3) is 3.58. The monoisotopic (exact) mass is 410 g/mol. The summed E-state index contributed by atoms with van der Waals surface area (Å²) in [5, 5.41) is 4.27. The van der Waals surface area contributed by atoms with Gasteiger partial charge in [-0.05, 0) is 49.1 Å². The molecule has 5 rings (SSSR count). The minimum absolute atomic E-state index is 0.0570. The third-order valence-electron chi connectivity index (χ3n) is 6.03. The molecule has 156 valence electrons. The SMILES string of the molecule is COc1cccc(C2C(Nc3nc(C(F)F)nc4ccccc34)CCN2C2CC2)c1. The second-order valence-electron chi connectivity index (χ2n) is 7.98. The van der Waals surface area contributed by atoms with Crippen molar-refractivity contribution in [3.05, 3.63) is 59.9 Å². The highest BCUT2D eigenvalue weighted by molar-refractivity contribution is 5.89. The second-order valence-corrected chi connectivity index (χ2v) is 7.98. The van der Waals surface area contributed by atoms with E-state index in [9.17, 15) is 8.78 Å². The number of hydrogen-bond acceptors (Lipinski definition) is 5. The Kier molecular flexibility index (Phi) is 4.98. The highest BCUT2D eigenvalue weighted by atomic mass is 19.3. The average molecular weight is 410 g/mol. The summed E-state index contributed by atoms with van der Waals surface area (Å²) in [6, 6.07) is 16.2. The zero-order valence-corrected chi connectivity index (χ0v) is 16.8. The summed E-state index contributed by atoms with van der Waals surface area (Å²) in [6.07, 6.45) is 0.620. The van der Waals surface area contributed by atoms with Crippen molar-refractivity contribution in [2.24, 2.45) is 0 Å². The lowest BCUT2D eigenvalue weighted by Gasteiger charge is -2.30. The number of rotatable bonds is 6. The van der Waals surface area contributed by atoms with E-state index < -0.39 is 12.2 Å². The number of nitrogens with zero attached hydrogens (tertiary/aromatic N) is 3. The Morgan fingerprint density at radius 1 is 1.07 bits per heavy atom. The fourth-order valence-electron chi connectivity index (χ4n) is 4.51. The predicted octanol–water partition coefficient (Wildman–Crippen LogP) is 4.97. The van der Waals surface area contributed by atoms with Crippen molar-refractivity contribution in [3.8, 4) is 5.75 Å². The maximum atomic E-state index is 13.4. The van der Waals surface area contributed by atoms with Crippen LogP contribution in [0.4, 0.5) is 14.6 Å². The number of likely N-dealkylation sites (tertiary alicyclic amines) is 1. The highest BCUT2D eigenvalue weighted by Gasteiger charge is 2.43. The first-order valence-electron chi connectivity index (χ1n) is 10.3. The molecule has 5 nitrogen and oxygen atoms in total. The number of methoxy groups -OCH3 is 1. The molecule has 3 aromatic rings. The molecule has 1 N–H and O–H groups in total. The van der Waals surface area contributed by atoms with Gasteiger partial charge in [0.1, 0.15) is 11.6 Å². The molecule has 0 spiro atoms. The fraction of sp³-hybridized carbons (Fsp3) is 0.391. The molecule has 2 aromatic carbocycles. The van der Waals surface area contributed by atoms with E-state index in [1.807, 2.05) is 24.3 Å². The lowest BCUT2D eigenvalue weighted by Crippen LogP contribution is -2.33. The first-order valence-corrected chi connectivity index (χ1v) is 10.3. The van der Waals surface area contributed by atoms with Crippen molar-refractivity contribution in [2.45, 2.75) is 43.8 Å². The zero-order valence-electron chi connectivity index (χ0n) is 16.8. The van der Waals surface area contributed by atoms with Crippen molar-refractivity contribution in [2.75, 3.05) is 19.0 Å². The number of hydrogen-bond donors (Lipinski definition) is 1. The van der Waals surface area contributed by atoms with Gasteiger partial charge in [0.05, 0.1) is 18.7 Å². The Hall–Kier alpha value is -2.80. The van der Waals surface area contributed by atoms with Gasteiger partial charge in [0.15, 0.2) is 5.82 Å². The van der Waals surface area contributed by atoms with E-state index in [0.29, 0.717) is 17.4 Å². The van der Waals surface area contributed by atoms with Gasteiger partial charge in [-0.15, -0.1) is 0 Å².